The third kappa shape index (κ3) is 5.86. The van der Waals surface area contributed by atoms with Crippen LogP contribution in [0.15, 0.2) is 103 Å². The summed E-state index contributed by atoms with van der Waals surface area (Å²) in [5.74, 6) is 3.33. The molecule has 4 nitrogen and oxygen atoms in total. The summed E-state index contributed by atoms with van der Waals surface area (Å²) in [7, 11) is 0. The Bertz CT molecular complexity index is 1740. The Balaban J connectivity index is 1.47. The van der Waals surface area contributed by atoms with Gasteiger partial charge in [-0.15, -0.1) is 0 Å². The first-order valence-electron chi connectivity index (χ1n) is 15.5. The van der Waals surface area contributed by atoms with E-state index in [4.69, 9.17) is 15.0 Å². The fraction of sp³-hybridized carbons (Fsp3) is 0.282. The minimum Gasteiger partial charge on any atom is -0.208 e. The van der Waals surface area contributed by atoms with E-state index in [0.29, 0.717) is 23.0 Å². The SMILES string of the molecule is CCC1(c2ccc(-c3nc(-c4ccccc4)nc(-c4ccccc4-c4ccccc4C#N)n3)cc2)C[C@H](C)CC[C@H](C)C1. The molecular weight excluding hydrogens is 524 g/mol. The highest BCUT2D eigenvalue weighted by Gasteiger charge is 2.36. The summed E-state index contributed by atoms with van der Waals surface area (Å²) in [5.41, 5.74) is 6.82. The molecule has 3 atom stereocenters. The first-order valence-corrected chi connectivity index (χ1v) is 15.5. The number of hydrogen-bond acceptors (Lipinski definition) is 4. The van der Waals surface area contributed by atoms with E-state index in [1.54, 1.807) is 0 Å². The second kappa shape index (κ2) is 12.3. The maximum Gasteiger partial charge on any atom is 0.164 e. The van der Waals surface area contributed by atoms with E-state index in [2.05, 4.69) is 51.1 Å². The molecule has 0 radical (unpaired) electrons. The molecule has 6 rings (SSSR count). The molecule has 0 bridgehead atoms. The van der Waals surface area contributed by atoms with Crippen molar-refractivity contribution >= 4 is 0 Å². The predicted octanol–water partition coefficient (Wildman–Crippen LogP) is 9.91. The van der Waals surface area contributed by atoms with Crippen LogP contribution in [-0.2, 0) is 5.41 Å². The van der Waals surface area contributed by atoms with Crippen molar-refractivity contribution in [2.24, 2.45) is 11.8 Å². The van der Waals surface area contributed by atoms with E-state index in [-0.39, 0.29) is 5.41 Å². The van der Waals surface area contributed by atoms with Crippen LogP contribution in [0.25, 0.3) is 45.3 Å². The molecule has 0 N–H and O–H groups in total. The molecule has 1 fully saturated rings. The molecule has 1 aliphatic rings. The van der Waals surface area contributed by atoms with Crippen molar-refractivity contribution < 1.29 is 0 Å². The average Bonchev–Trinajstić information content (AvgIpc) is 3.22. The van der Waals surface area contributed by atoms with Gasteiger partial charge in [-0.2, -0.15) is 5.26 Å². The van der Waals surface area contributed by atoms with Crippen LogP contribution in [0.2, 0.25) is 0 Å². The summed E-state index contributed by atoms with van der Waals surface area (Å²) in [6.45, 7) is 7.19. The highest BCUT2D eigenvalue weighted by Crippen LogP contribution is 2.45. The van der Waals surface area contributed by atoms with Gasteiger partial charge in [0, 0.05) is 22.3 Å². The minimum absolute atomic E-state index is 0.209. The van der Waals surface area contributed by atoms with E-state index in [9.17, 15) is 5.26 Å². The smallest absolute Gasteiger partial charge is 0.164 e. The molecule has 0 spiro atoms. The van der Waals surface area contributed by atoms with Gasteiger partial charge in [0.05, 0.1) is 11.6 Å². The second-order valence-corrected chi connectivity index (χ2v) is 12.3. The molecule has 43 heavy (non-hydrogen) atoms. The van der Waals surface area contributed by atoms with E-state index in [1.165, 1.54) is 31.2 Å². The van der Waals surface area contributed by atoms with Gasteiger partial charge in [-0.1, -0.05) is 131 Å². The topological polar surface area (TPSA) is 62.5 Å². The van der Waals surface area contributed by atoms with Gasteiger partial charge < -0.3 is 0 Å². The molecule has 0 amide bonds. The van der Waals surface area contributed by atoms with Crippen LogP contribution in [0, 0.1) is 23.2 Å². The van der Waals surface area contributed by atoms with Crippen molar-refractivity contribution in [3.8, 4) is 51.4 Å². The van der Waals surface area contributed by atoms with Gasteiger partial charge in [-0.05, 0) is 53.7 Å². The van der Waals surface area contributed by atoms with Gasteiger partial charge in [-0.25, -0.2) is 15.0 Å². The molecule has 0 saturated heterocycles. The van der Waals surface area contributed by atoms with Crippen LogP contribution in [0.3, 0.4) is 0 Å². The van der Waals surface area contributed by atoms with Crippen molar-refractivity contribution in [3.63, 3.8) is 0 Å². The van der Waals surface area contributed by atoms with Crippen molar-refractivity contribution in [2.45, 2.75) is 58.3 Å². The lowest BCUT2D eigenvalue weighted by Crippen LogP contribution is -2.28. The Hall–Kier alpha value is -4.62. The van der Waals surface area contributed by atoms with Crippen molar-refractivity contribution in [1.82, 2.24) is 15.0 Å². The average molecular weight is 563 g/mol. The Labute approximate surface area is 255 Å². The van der Waals surface area contributed by atoms with Gasteiger partial charge in [0.2, 0.25) is 0 Å². The molecule has 214 valence electrons. The highest BCUT2D eigenvalue weighted by molar-refractivity contribution is 5.84. The Kier molecular flexibility index (Phi) is 8.16. The van der Waals surface area contributed by atoms with Gasteiger partial charge >= 0.3 is 0 Å². The Morgan fingerprint density at radius 2 is 1.14 bits per heavy atom. The third-order valence-corrected chi connectivity index (χ3v) is 9.24. The lowest BCUT2D eigenvalue weighted by atomic mass is 9.69. The van der Waals surface area contributed by atoms with Crippen molar-refractivity contribution in [1.29, 1.82) is 5.26 Å². The maximum absolute atomic E-state index is 9.83. The second-order valence-electron chi connectivity index (χ2n) is 12.3. The van der Waals surface area contributed by atoms with Gasteiger partial charge in [0.15, 0.2) is 17.5 Å². The first-order chi connectivity index (χ1) is 21.0. The van der Waals surface area contributed by atoms with Crippen molar-refractivity contribution in [2.75, 3.05) is 0 Å². The van der Waals surface area contributed by atoms with Crippen LogP contribution >= 0.6 is 0 Å². The monoisotopic (exact) mass is 562 g/mol. The van der Waals surface area contributed by atoms with E-state index >= 15 is 0 Å². The molecule has 1 heterocycles. The molecular formula is C39H38N4. The molecule has 1 aliphatic carbocycles. The number of aromatic nitrogens is 3. The lowest BCUT2D eigenvalue weighted by molar-refractivity contribution is 0.295. The van der Waals surface area contributed by atoms with Crippen LogP contribution in [0.1, 0.15) is 64.0 Å². The minimum atomic E-state index is 0.209. The van der Waals surface area contributed by atoms with Gasteiger partial charge in [-0.3, -0.25) is 0 Å². The fourth-order valence-corrected chi connectivity index (χ4v) is 6.96. The standard InChI is InChI=1S/C39H38N4/c1-4-39(24-27(2)18-19-28(3)25-39)32-22-20-30(21-23-32)37-41-36(29-12-6-5-7-13-29)42-38(43-37)35-17-11-10-16-34(35)33-15-9-8-14-31(33)26-40/h5-17,20-23,27-28H,4,18-19,24-25H2,1-3H3/t27-,28+,39?. The zero-order valence-corrected chi connectivity index (χ0v) is 25.3. The molecule has 1 saturated carbocycles. The summed E-state index contributed by atoms with van der Waals surface area (Å²) >= 11 is 0. The van der Waals surface area contributed by atoms with Crippen LogP contribution in [0.4, 0.5) is 0 Å². The van der Waals surface area contributed by atoms with Crippen LogP contribution in [0.5, 0.6) is 0 Å². The Morgan fingerprint density at radius 1 is 0.628 bits per heavy atom. The summed E-state index contributed by atoms with van der Waals surface area (Å²) < 4.78 is 0. The zero-order chi connectivity index (χ0) is 29.8. The summed E-state index contributed by atoms with van der Waals surface area (Å²) in [6.07, 6.45) is 6.26. The fourth-order valence-electron chi connectivity index (χ4n) is 6.96. The van der Waals surface area contributed by atoms with Crippen molar-refractivity contribution in [3.05, 3.63) is 114 Å². The number of hydrogen-bond donors (Lipinski definition) is 0. The van der Waals surface area contributed by atoms with Gasteiger partial charge in [0.1, 0.15) is 0 Å². The predicted molar refractivity (Wildman–Crippen MR) is 175 cm³/mol. The molecule has 1 aromatic heterocycles. The molecule has 1 unspecified atom stereocenters. The third-order valence-electron chi connectivity index (χ3n) is 9.24. The molecule has 4 aromatic carbocycles. The van der Waals surface area contributed by atoms with E-state index in [1.807, 2.05) is 78.9 Å². The molecule has 0 aliphatic heterocycles. The first kappa shape index (κ1) is 28.5. The van der Waals surface area contributed by atoms with Crippen LogP contribution < -0.4 is 0 Å². The zero-order valence-electron chi connectivity index (χ0n) is 25.3. The summed E-state index contributed by atoms with van der Waals surface area (Å²) in [6, 6.07) is 37.1. The normalized spacial score (nSPS) is 20.2. The molecule has 5 aromatic rings. The highest BCUT2D eigenvalue weighted by atomic mass is 15.0. The van der Waals surface area contributed by atoms with E-state index in [0.717, 1.165) is 46.1 Å². The summed E-state index contributed by atoms with van der Waals surface area (Å²) in [4.78, 5) is 15.0. The quantitative estimate of drug-likeness (QED) is 0.193. The van der Waals surface area contributed by atoms with Gasteiger partial charge in [0.25, 0.3) is 0 Å². The largest absolute Gasteiger partial charge is 0.208 e. The lowest BCUT2D eigenvalue weighted by Gasteiger charge is -2.35. The van der Waals surface area contributed by atoms with Crippen LogP contribution in [-0.4, -0.2) is 15.0 Å². The number of benzene rings is 4. The Morgan fingerprint density at radius 3 is 1.74 bits per heavy atom. The maximum atomic E-state index is 9.83. The summed E-state index contributed by atoms with van der Waals surface area (Å²) in [5, 5.41) is 9.83. The number of rotatable bonds is 6. The molecule has 4 heteroatoms. The number of nitriles is 1. The number of nitrogens with zero attached hydrogens (tertiary/aromatic N) is 4. The van der Waals surface area contributed by atoms with E-state index < -0.39 is 0 Å².